The molecule has 0 bridgehead atoms. The molecule has 0 spiro atoms. The Labute approximate surface area is 148 Å². The number of benzene rings is 1. The number of fused-ring (bicyclic) bond motifs is 1. The second kappa shape index (κ2) is 7.54. The average Bonchev–Trinajstić information content (AvgIpc) is 2.59. The van der Waals surface area contributed by atoms with E-state index in [9.17, 15) is 9.59 Å². The Morgan fingerprint density at radius 1 is 1.16 bits per heavy atom. The van der Waals surface area contributed by atoms with Gasteiger partial charge in [0.25, 0.3) is 0 Å². The summed E-state index contributed by atoms with van der Waals surface area (Å²) in [6.45, 7) is 6.23. The Balaban J connectivity index is 1.75. The molecule has 25 heavy (non-hydrogen) atoms. The van der Waals surface area contributed by atoms with Gasteiger partial charge in [0.15, 0.2) is 0 Å². The minimum Gasteiger partial charge on any atom is -0.467 e. The molecule has 2 aliphatic heterocycles. The Hall–Kier alpha value is -1.92. The van der Waals surface area contributed by atoms with Crippen LogP contribution in [0.25, 0.3) is 0 Å². The summed E-state index contributed by atoms with van der Waals surface area (Å²) in [4.78, 5) is 29.0. The third kappa shape index (κ3) is 4.02. The highest BCUT2D eigenvalue weighted by Gasteiger charge is 2.36. The predicted octanol–water partition coefficient (Wildman–Crippen LogP) is 1.22. The molecule has 3 rings (SSSR count). The van der Waals surface area contributed by atoms with E-state index in [1.807, 2.05) is 38.1 Å². The van der Waals surface area contributed by atoms with Crippen molar-refractivity contribution in [2.75, 3.05) is 26.7 Å². The summed E-state index contributed by atoms with van der Waals surface area (Å²) in [5.41, 5.74) is 2.20. The fourth-order valence-corrected chi connectivity index (χ4v) is 3.83. The molecule has 1 aromatic rings. The van der Waals surface area contributed by atoms with Gasteiger partial charge in [0.1, 0.15) is 6.04 Å². The van der Waals surface area contributed by atoms with E-state index in [4.69, 9.17) is 9.47 Å². The first-order valence-electron chi connectivity index (χ1n) is 8.79. The molecule has 0 N–H and O–H groups in total. The van der Waals surface area contributed by atoms with Gasteiger partial charge in [0, 0.05) is 26.1 Å². The van der Waals surface area contributed by atoms with E-state index < -0.39 is 6.04 Å². The number of carbonyl (C=O) groups is 2. The highest BCUT2D eigenvalue weighted by Crippen LogP contribution is 2.24. The number of carbonyl (C=O) groups excluding carboxylic acids is 2. The van der Waals surface area contributed by atoms with Crippen LogP contribution in [0.1, 0.15) is 25.0 Å². The minimum atomic E-state index is -0.553. The zero-order valence-corrected chi connectivity index (χ0v) is 15.1. The van der Waals surface area contributed by atoms with Crippen LogP contribution in [0.3, 0.4) is 0 Å². The van der Waals surface area contributed by atoms with Crippen LogP contribution in [0.2, 0.25) is 0 Å². The number of morpholine rings is 1. The van der Waals surface area contributed by atoms with Crippen molar-refractivity contribution in [3.63, 3.8) is 0 Å². The zero-order chi connectivity index (χ0) is 18.0. The first-order chi connectivity index (χ1) is 12.0. The molecule has 0 radical (unpaired) electrons. The van der Waals surface area contributed by atoms with E-state index in [0.29, 0.717) is 19.5 Å². The molecule has 0 aromatic heterocycles. The van der Waals surface area contributed by atoms with Crippen molar-refractivity contribution < 1.29 is 19.1 Å². The summed E-state index contributed by atoms with van der Waals surface area (Å²) in [7, 11) is 1.37. The molecule has 136 valence electrons. The summed E-state index contributed by atoms with van der Waals surface area (Å²) in [6, 6.07) is 7.40. The van der Waals surface area contributed by atoms with Crippen LogP contribution in [-0.4, -0.2) is 66.7 Å². The number of hydrogen-bond acceptors (Lipinski definition) is 5. The Bertz CT molecular complexity index is 638. The van der Waals surface area contributed by atoms with Gasteiger partial charge in [-0.3, -0.25) is 9.69 Å². The van der Waals surface area contributed by atoms with E-state index in [-0.39, 0.29) is 24.1 Å². The molecule has 1 aromatic carbocycles. The quantitative estimate of drug-likeness (QED) is 0.771. The average molecular weight is 346 g/mol. The molecule has 0 aliphatic carbocycles. The van der Waals surface area contributed by atoms with Crippen molar-refractivity contribution in [2.24, 2.45) is 0 Å². The van der Waals surface area contributed by atoms with Crippen LogP contribution in [0.15, 0.2) is 24.3 Å². The van der Waals surface area contributed by atoms with Gasteiger partial charge in [0.05, 0.1) is 25.9 Å². The van der Waals surface area contributed by atoms with Crippen LogP contribution in [0.5, 0.6) is 0 Å². The zero-order valence-electron chi connectivity index (χ0n) is 15.1. The Morgan fingerprint density at radius 3 is 2.44 bits per heavy atom. The topological polar surface area (TPSA) is 59.1 Å². The maximum atomic E-state index is 13.0. The molecule has 1 amide bonds. The van der Waals surface area contributed by atoms with Crippen LogP contribution >= 0.6 is 0 Å². The highest BCUT2D eigenvalue weighted by molar-refractivity contribution is 5.86. The molecule has 2 aliphatic rings. The number of methoxy groups -OCH3 is 1. The van der Waals surface area contributed by atoms with Crippen LogP contribution in [-0.2, 0) is 32.0 Å². The number of rotatable bonds is 3. The van der Waals surface area contributed by atoms with Gasteiger partial charge < -0.3 is 14.4 Å². The van der Waals surface area contributed by atoms with Crippen molar-refractivity contribution >= 4 is 11.9 Å². The second-order valence-corrected chi connectivity index (χ2v) is 6.98. The fourth-order valence-electron chi connectivity index (χ4n) is 3.83. The first-order valence-corrected chi connectivity index (χ1v) is 8.79. The van der Waals surface area contributed by atoms with E-state index in [0.717, 1.165) is 24.2 Å². The molecule has 1 saturated heterocycles. The number of esters is 1. The van der Waals surface area contributed by atoms with Crippen molar-refractivity contribution in [3.05, 3.63) is 35.4 Å². The van der Waals surface area contributed by atoms with Crippen LogP contribution < -0.4 is 0 Å². The predicted molar refractivity (Wildman–Crippen MR) is 92.9 cm³/mol. The largest absolute Gasteiger partial charge is 0.467 e. The minimum absolute atomic E-state index is 0.0359. The van der Waals surface area contributed by atoms with E-state index in [1.165, 1.54) is 7.11 Å². The lowest BCUT2D eigenvalue weighted by Gasteiger charge is -2.39. The lowest BCUT2D eigenvalue weighted by Crippen LogP contribution is -2.54. The summed E-state index contributed by atoms with van der Waals surface area (Å²) >= 11 is 0. The molecule has 3 unspecified atom stereocenters. The van der Waals surface area contributed by atoms with Crippen molar-refractivity contribution in [2.45, 2.75) is 45.1 Å². The van der Waals surface area contributed by atoms with Crippen molar-refractivity contribution in [1.82, 2.24) is 9.80 Å². The summed E-state index contributed by atoms with van der Waals surface area (Å²) in [6.07, 6.45) is 0.717. The van der Waals surface area contributed by atoms with Crippen LogP contribution in [0.4, 0.5) is 0 Å². The van der Waals surface area contributed by atoms with Gasteiger partial charge in [-0.15, -0.1) is 0 Å². The summed E-state index contributed by atoms with van der Waals surface area (Å²) in [5.74, 6) is -0.391. The Kier molecular flexibility index (Phi) is 5.39. The van der Waals surface area contributed by atoms with Gasteiger partial charge in [-0.2, -0.15) is 0 Å². The molecule has 0 saturated carbocycles. The standard InChI is InChI=1S/C19H26N2O4/c1-13-9-20(10-14(2)25-13)12-18(22)21-11-16-7-5-4-6-15(16)8-17(21)19(23)24-3/h4-7,13-14,17H,8-12H2,1-3H3. The van der Waals surface area contributed by atoms with Gasteiger partial charge in [0.2, 0.25) is 5.91 Å². The molecule has 3 atom stereocenters. The van der Waals surface area contributed by atoms with Crippen LogP contribution in [0, 0.1) is 0 Å². The molecule has 6 heteroatoms. The maximum absolute atomic E-state index is 13.0. The normalized spacial score (nSPS) is 26.8. The molecule has 6 nitrogen and oxygen atoms in total. The van der Waals surface area contributed by atoms with Gasteiger partial charge in [-0.25, -0.2) is 4.79 Å². The van der Waals surface area contributed by atoms with Crippen molar-refractivity contribution in [3.8, 4) is 0 Å². The number of nitrogens with zero attached hydrogens (tertiary/aromatic N) is 2. The van der Waals surface area contributed by atoms with Crippen molar-refractivity contribution in [1.29, 1.82) is 0 Å². The molecular weight excluding hydrogens is 320 g/mol. The molecule has 1 fully saturated rings. The van der Waals surface area contributed by atoms with E-state index in [2.05, 4.69) is 4.90 Å². The Morgan fingerprint density at radius 2 is 1.80 bits per heavy atom. The SMILES string of the molecule is COC(=O)C1Cc2ccccc2CN1C(=O)CN1CC(C)OC(C)C1. The number of amides is 1. The monoisotopic (exact) mass is 346 g/mol. The molecular formula is C19H26N2O4. The van der Waals surface area contributed by atoms with Gasteiger partial charge >= 0.3 is 5.97 Å². The maximum Gasteiger partial charge on any atom is 0.328 e. The van der Waals surface area contributed by atoms with E-state index in [1.54, 1.807) is 4.90 Å². The lowest BCUT2D eigenvalue weighted by atomic mass is 9.94. The summed E-state index contributed by atoms with van der Waals surface area (Å²) in [5, 5.41) is 0. The molecule has 2 heterocycles. The fraction of sp³-hybridized carbons (Fsp3) is 0.579. The smallest absolute Gasteiger partial charge is 0.328 e. The number of ether oxygens (including phenoxy) is 2. The summed E-state index contributed by atoms with van der Waals surface area (Å²) < 4.78 is 10.7. The second-order valence-electron chi connectivity index (χ2n) is 6.98. The van der Waals surface area contributed by atoms with Gasteiger partial charge in [-0.1, -0.05) is 24.3 Å². The third-order valence-electron chi connectivity index (χ3n) is 4.90. The number of hydrogen-bond donors (Lipinski definition) is 0. The third-order valence-corrected chi connectivity index (χ3v) is 4.90. The van der Waals surface area contributed by atoms with Gasteiger partial charge in [-0.05, 0) is 25.0 Å². The highest BCUT2D eigenvalue weighted by atomic mass is 16.5. The van der Waals surface area contributed by atoms with E-state index >= 15 is 0 Å². The first kappa shape index (κ1) is 17.9. The lowest BCUT2D eigenvalue weighted by molar-refractivity contribution is -0.155.